The fraction of sp³-hybridized carbons (Fsp3) is 0.971. The van der Waals surface area contributed by atoms with E-state index in [1.165, 1.54) is 32.1 Å². The monoisotopic (exact) mass is 695 g/mol. The van der Waals surface area contributed by atoms with E-state index in [1.807, 2.05) is 0 Å². The topological polar surface area (TPSA) is 228 Å². The highest BCUT2D eigenvalue weighted by atomic mass is 16.7. The summed E-state index contributed by atoms with van der Waals surface area (Å²) < 4.78 is 22.4. The molecule has 9 N–H and O–H groups in total. The molecule has 2 aliphatic rings. The summed E-state index contributed by atoms with van der Waals surface area (Å²) in [6.07, 6.45) is -0.871. The fourth-order valence-electron chi connectivity index (χ4n) is 6.17. The normalized spacial score (nSPS) is 32.2. The Bertz CT molecular complexity index is 837. The van der Waals surface area contributed by atoms with Crippen LogP contribution in [0.5, 0.6) is 0 Å². The van der Waals surface area contributed by atoms with E-state index in [4.69, 9.17) is 18.9 Å². The van der Waals surface area contributed by atoms with Crippen LogP contribution >= 0.6 is 0 Å². The Balaban J connectivity index is 1.95. The van der Waals surface area contributed by atoms with Gasteiger partial charge in [-0.1, -0.05) is 97.3 Å². The number of aliphatic hydroxyl groups is 8. The largest absolute Gasteiger partial charge is 0.394 e. The molecule has 2 aliphatic heterocycles. The summed E-state index contributed by atoms with van der Waals surface area (Å²) in [6, 6.07) is -0.814. The lowest BCUT2D eigenvalue weighted by atomic mass is 9.97. The van der Waals surface area contributed by atoms with Gasteiger partial charge in [-0.05, 0) is 12.8 Å². The van der Waals surface area contributed by atoms with Gasteiger partial charge < -0.3 is 65.1 Å². The molecule has 0 saturated carbocycles. The molecule has 2 heterocycles. The number of carbonyl (C=O) groups excluding carboxylic acids is 1. The average Bonchev–Trinajstić information content (AvgIpc) is 3.08. The van der Waals surface area contributed by atoms with Gasteiger partial charge in [0.15, 0.2) is 12.6 Å². The maximum atomic E-state index is 12.9. The van der Waals surface area contributed by atoms with Gasteiger partial charge in [0.05, 0.1) is 32.0 Å². The van der Waals surface area contributed by atoms with Crippen LogP contribution in [-0.4, -0.2) is 140 Å². The number of amides is 1. The van der Waals surface area contributed by atoms with Crippen LogP contribution in [0.1, 0.15) is 117 Å². The predicted molar refractivity (Wildman–Crippen MR) is 176 cm³/mol. The minimum absolute atomic E-state index is 0.219. The smallest absolute Gasteiger partial charge is 0.220 e. The van der Waals surface area contributed by atoms with E-state index < -0.39 is 86.8 Å². The van der Waals surface area contributed by atoms with Crippen LogP contribution in [0, 0.1) is 0 Å². The molecule has 2 fully saturated rings. The summed E-state index contributed by atoms with van der Waals surface area (Å²) in [7, 11) is 0. The molecule has 14 heteroatoms. The summed E-state index contributed by atoms with van der Waals surface area (Å²) in [5.41, 5.74) is 0. The molecule has 284 valence electrons. The van der Waals surface area contributed by atoms with Crippen molar-refractivity contribution in [2.45, 2.75) is 190 Å². The summed E-state index contributed by atoms with van der Waals surface area (Å²) >= 11 is 0. The number of hydrogen-bond acceptors (Lipinski definition) is 13. The van der Waals surface area contributed by atoms with Gasteiger partial charge >= 0.3 is 0 Å². The first-order valence-electron chi connectivity index (χ1n) is 18.3. The molecule has 0 aromatic rings. The highest BCUT2D eigenvalue weighted by molar-refractivity contribution is 5.76. The van der Waals surface area contributed by atoms with E-state index in [9.17, 15) is 45.6 Å². The minimum atomic E-state index is -1.77. The Hall–Kier alpha value is -1.01. The van der Waals surface area contributed by atoms with Crippen LogP contribution in [0.4, 0.5) is 0 Å². The average molecular weight is 696 g/mol. The first-order valence-corrected chi connectivity index (χ1v) is 18.3. The molecule has 12 atom stereocenters. The molecule has 0 aliphatic carbocycles. The van der Waals surface area contributed by atoms with E-state index in [0.717, 1.165) is 57.8 Å². The van der Waals surface area contributed by atoms with Crippen molar-refractivity contribution >= 4 is 5.91 Å². The minimum Gasteiger partial charge on any atom is -0.394 e. The van der Waals surface area contributed by atoms with E-state index in [-0.39, 0.29) is 12.5 Å². The highest BCUT2D eigenvalue weighted by Gasteiger charge is 2.50. The van der Waals surface area contributed by atoms with E-state index in [1.54, 1.807) is 0 Å². The summed E-state index contributed by atoms with van der Waals surface area (Å²) in [5.74, 6) is -0.219. The van der Waals surface area contributed by atoms with Crippen molar-refractivity contribution < 1.29 is 64.6 Å². The van der Waals surface area contributed by atoms with Crippen molar-refractivity contribution in [1.82, 2.24) is 5.32 Å². The quantitative estimate of drug-likeness (QED) is 0.0602. The lowest BCUT2D eigenvalue weighted by Gasteiger charge is -2.46. The van der Waals surface area contributed by atoms with Gasteiger partial charge in [0.1, 0.15) is 48.8 Å². The first kappa shape index (κ1) is 43.2. The van der Waals surface area contributed by atoms with E-state index >= 15 is 0 Å². The zero-order valence-corrected chi connectivity index (χ0v) is 29.0. The predicted octanol–water partition coefficient (Wildman–Crippen LogP) is 0.754. The molecule has 12 unspecified atom stereocenters. The number of aliphatic hydroxyl groups excluding tert-OH is 8. The molecule has 2 saturated heterocycles. The lowest BCUT2D eigenvalue weighted by Crippen LogP contribution is -2.65. The maximum Gasteiger partial charge on any atom is 0.220 e. The number of nitrogens with one attached hydrogen (secondary N) is 1. The van der Waals surface area contributed by atoms with Crippen LogP contribution in [0.25, 0.3) is 0 Å². The number of rotatable bonds is 25. The third-order valence-corrected chi connectivity index (χ3v) is 9.32. The van der Waals surface area contributed by atoms with E-state index in [2.05, 4.69) is 19.2 Å². The molecule has 0 aromatic heterocycles. The third-order valence-electron chi connectivity index (χ3n) is 9.32. The van der Waals surface area contributed by atoms with Crippen LogP contribution in [0.15, 0.2) is 0 Å². The zero-order chi connectivity index (χ0) is 35.5. The highest BCUT2D eigenvalue weighted by Crippen LogP contribution is 2.30. The van der Waals surface area contributed by atoms with Crippen molar-refractivity contribution in [2.24, 2.45) is 0 Å². The number of unbranched alkanes of at least 4 members (excludes halogenated alkanes) is 12. The Kier molecular flexibility index (Phi) is 21.8. The maximum absolute atomic E-state index is 12.9. The molecule has 0 bridgehead atoms. The molecule has 2 rings (SSSR count). The van der Waals surface area contributed by atoms with Crippen LogP contribution in [-0.2, 0) is 23.7 Å². The fourth-order valence-corrected chi connectivity index (χ4v) is 6.17. The molecule has 1 amide bonds. The molecule has 0 aromatic carbocycles. The third kappa shape index (κ3) is 14.3. The summed E-state index contributed by atoms with van der Waals surface area (Å²) in [6.45, 7) is 2.67. The molecule has 14 nitrogen and oxygen atoms in total. The zero-order valence-electron chi connectivity index (χ0n) is 29.0. The Morgan fingerprint density at radius 3 is 1.77 bits per heavy atom. The van der Waals surface area contributed by atoms with E-state index in [0.29, 0.717) is 12.8 Å². The molecule has 48 heavy (non-hydrogen) atoms. The SMILES string of the molecule is CCCCCCCCCCCC(=O)NC(COC1OC(CO)C(OC2OC(CO)C(O)C(O)C2O)C(O)C1O)C(O)CCCCCCC. The van der Waals surface area contributed by atoms with Crippen molar-refractivity contribution in [3.63, 3.8) is 0 Å². The van der Waals surface area contributed by atoms with Crippen LogP contribution < -0.4 is 5.32 Å². The van der Waals surface area contributed by atoms with Crippen molar-refractivity contribution in [3.05, 3.63) is 0 Å². The van der Waals surface area contributed by atoms with Gasteiger partial charge in [0.2, 0.25) is 5.91 Å². The lowest BCUT2D eigenvalue weighted by molar-refractivity contribution is -0.359. The second-order valence-corrected chi connectivity index (χ2v) is 13.4. The van der Waals surface area contributed by atoms with Gasteiger partial charge in [-0.2, -0.15) is 0 Å². The van der Waals surface area contributed by atoms with Gasteiger partial charge in [-0.15, -0.1) is 0 Å². The Morgan fingerprint density at radius 2 is 1.19 bits per heavy atom. The first-order chi connectivity index (χ1) is 23.1. The molecular weight excluding hydrogens is 630 g/mol. The standard InChI is InChI=1S/C34H65NO13/c1-3-5-7-9-10-11-12-14-16-18-26(39)35-22(23(38)17-15-13-8-6-4-2)21-45-33-31(44)29(42)32(25(20-37)47-33)48-34-30(43)28(41)27(40)24(19-36)46-34/h22-25,27-34,36-38,40-44H,3-21H2,1-2H3,(H,35,39). The Labute approximate surface area is 285 Å². The van der Waals surface area contributed by atoms with Crippen molar-refractivity contribution in [1.29, 1.82) is 0 Å². The summed E-state index contributed by atoms with van der Waals surface area (Å²) in [5, 5.41) is 85.6. The van der Waals surface area contributed by atoms with Crippen molar-refractivity contribution in [2.75, 3.05) is 19.8 Å². The Morgan fingerprint density at radius 1 is 0.667 bits per heavy atom. The van der Waals surface area contributed by atoms with Crippen LogP contribution in [0.2, 0.25) is 0 Å². The second kappa shape index (κ2) is 24.2. The number of carbonyl (C=O) groups is 1. The number of ether oxygens (including phenoxy) is 4. The molecular formula is C34H65NO13. The molecule has 0 radical (unpaired) electrons. The molecule has 0 spiro atoms. The number of hydrogen-bond donors (Lipinski definition) is 9. The van der Waals surface area contributed by atoms with Crippen molar-refractivity contribution in [3.8, 4) is 0 Å². The van der Waals surface area contributed by atoms with Gasteiger partial charge in [0, 0.05) is 6.42 Å². The second-order valence-electron chi connectivity index (χ2n) is 13.4. The van der Waals surface area contributed by atoms with Gasteiger partial charge in [0.25, 0.3) is 0 Å². The summed E-state index contributed by atoms with van der Waals surface area (Å²) in [4.78, 5) is 12.9. The van der Waals surface area contributed by atoms with Crippen LogP contribution in [0.3, 0.4) is 0 Å². The van der Waals surface area contributed by atoms with Gasteiger partial charge in [-0.25, -0.2) is 0 Å². The van der Waals surface area contributed by atoms with Gasteiger partial charge in [-0.3, -0.25) is 4.79 Å².